The summed E-state index contributed by atoms with van der Waals surface area (Å²) in [7, 11) is 1.57. The molecule has 0 bridgehead atoms. The number of carbonyl (C=O) groups is 2. The lowest BCUT2D eigenvalue weighted by molar-refractivity contribution is -0.136. The number of esters is 1. The van der Waals surface area contributed by atoms with Crippen LogP contribution in [0.5, 0.6) is 5.75 Å². The van der Waals surface area contributed by atoms with Crippen molar-refractivity contribution in [3.63, 3.8) is 0 Å². The van der Waals surface area contributed by atoms with Crippen LogP contribution < -0.4 is 4.74 Å². The number of methoxy groups -OCH3 is 1. The second-order valence-electron chi connectivity index (χ2n) is 6.84. The first kappa shape index (κ1) is 22.0. The maximum absolute atomic E-state index is 13.0. The Bertz CT molecular complexity index is 1060. The van der Waals surface area contributed by atoms with Crippen LogP contribution >= 0.6 is 0 Å². The van der Waals surface area contributed by atoms with Crippen molar-refractivity contribution in [2.45, 2.75) is 12.8 Å². The van der Waals surface area contributed by atoms with Crippen LogP contribution in [0.2, 0.25) is 0 Å². The van der Waals surface area contributed by atoms with Gasteiger partial charge in [0.15, 0.2) is 5.78 Å². The van der Waals surface area contributed by atoms with E-state index in [1.54, 1.807) is 13.2 Å². The highest BCUT2D eigenvalue weighted by molar-refractivity contribution is 6.21. The van der Waals surface area contributed by atoms with Crippen LogP contribution in [-0.4, -0.2) is 25.5 Å². The van der Waals surface area contributed by atoms with Crippen molar-refractivity contribution in [2.75, 3.05) is 13.7 Å². The number of carbonyl (C=O) groups excluding carboxylic acids is 2. The molecule has 0 unspecified atom stereocenters. The first-order chi connectivity index (χ1) is 15.1. The van der Waals surface area contributed by atoms with Gasteiger partial charge < -0.3 is 9.47 Å². The van der Waals surface area contributed by atoms with Gasteiger partial charge in [0.05, 0.1) is 19.3 Å². The Morgan fingerprint density at radius 1 is 0.871 bits per heavy atom. The van der Waals surface area contributed by atoms with Gasteiger partial charge >= 0.3 is 5.97 Å². The van der Waals surface area contributed by atoms with Gasteiger partial charge in [-0.15, -0.1) is 0 Å². The Balaban J connectivity index is 1.67. The molecule has 158 valence electrons. The number of rotatable bonds is 9. The largest absolute Gasteiger partial charge is 0.496 e. The maximum Gasteiger partial charge on any atom is 0.338 e. The molecule has 0 N–H and O–H groups in total. The van der Waals surface area contributed by atoms with Gasteiger partial charge in [0, 0.05) is 17.5 Å². The lowest BCUT2D eigenvalue weighted by atomic mass is 10.0. The SMILES string of the molecule is COc1ccccc1/C=C(/C(=O)OCCCC(=O)c1ccc(F)cc1)c1ccccc1. The number of hydrogen-bond acceptors (Lipinski definition) is 4. The van der Waals surface area contributed by atoms with Crippen LogP contribution in [0.1, 0.15) is 34.3 Å². The number of halogens is 1. The highest BCUT2D eigenvalue weighted by Crippen LogP contribution is 2.25. The molecule has 0 aliphatic rings. The maximum atomic E-state index is 13.0. The Morgan fingerprint density at radius 2 is 1.55 bits per heavy atom. The van der Waals surface area contributed by atoms with E-state index in [-0.39, 0.29) is 24.6 Å². The van der Waals surface area contributed by atoms with Crippen LogP contribution in [0.4, 0.5) is 4.39 Å². The summed E-state index contributed by atoms with van der Waals surface area (Å²) >= 11 is 0. The Morgan fingerprint density at radius 3 is 2.26 bits per heavy atom. The summed E-state index contributed by atoms with van der Waals surface area (Å²) < 4.78 is 23.8. The molecule has 0 saturated carbocycles. The zero-order valence-corrected chi connectivity index (χ0v) is 17.2. The third-order valence-corrected chi connectivity index (χ3v) is 4.69. The van der Waals surface area contributed by atoms with E-state index in [2.05, 4.69) is 0 Å². The summed E-state index contributed by atoms with van der Waals surface area (Å²) in [5.74, 6) is -0.343. The van der Waals surface area contributed by atoms with Crippen molar-refractivity contribution < 1.29 is 23.5 Å². The van der Waals surface area contributed by atoms with Crippen molar-refractivity contribution >= 4 is 23.4 Å². The minimum Gasteiger partial charge on any atom is -0.496 e. The molecule has 0 aliphatic heterocycles. The molecule has 0 spiro atoms. The number of hydrogen-bond donors (Lipinski definition) is 0. The number of benzene rings is 3. The topological polar surface area (TPSA) is 52.6 Å². The van der Waals surface area contributed by atoms with Crippen molar-refractivity contribution in [3.05, 3.63) is 101 Å². The van der Waals surface area contributed by atoms with Crippen molar-refractivity contribution in [2.24, 2.45) is 0 Å². The third-order valence-electron chi connectivity index (χ3n) is 4.69. The summed E-state index contributed by atoms with van der Waals surface area (Å²) in [5, 5.41) is 0. The predicted molar refractivity (Wildman–Crippen MR) is 118 cm³/mol. The standard InChI is InChI=1S/C26H23FO4/c1-30-25-12-6-5-10-21(25)18-23(19-8-3-2-4-9-19)26(29)31-17-7-11-24(28)20-13-15-22(27)16-14-20/h2-6,8-10,12-16,18H,7,11,17H2,1H3/b23-18+. The molecule has 0 saturated heterocycles. The number of ether oxygens (including phenoxy) is 2. The number of Topliss-reactive ketones (excluding diaryl/α,β-unsaturated/α-hetero) is 1. The highest BCUT2D eigenvalue weighted by Gasteiger charge is 2.15. The summed E-state index contributed by atoms with van der Waals surface area (Å²) in [6, 6.07) is 22.0. The van der Waals surface area contributed by atoms with Gasteiger partial charge in [0.2, 0.25) is 0 Å². The minimum atomic E-state index is -0.480. The highest BCUT2D eigenvalue weighted by atomic mass is 19.1. The summed E-state index contributed by atoms with van der Waals surface area (Å²) in [4.78, 5) is 25.0. The lowest BCUT2D eigenvalue weighted by Gasteiger charge is -2.11. The molecule has 0 aliphatic carbocycles. The van der Waals surface area contributed by atoms with Crippen LogP contribution in [0, 0.1) is 5.82 Å². The normalized spacial score (nSPS) is 11.1. The van der Waals surface area contributed by atoms with E-state index in [1.807, 2.05) is 54.6 Å². The second-order valence-corrected chi connectivity index (χ2v) is 6.84. The van der Waals surface area contributed by atoms with E-state index in [0.29, 0.717) is 23.3 Å². The quantitative estimate of drug-likeness (QED) is 0.150. The molecular weight excluding hydrogens is 395 g/mol. The fourth-order valence-electron chi connectivity index (χ4n) is 3.07. The van der Waals surface area contributed by atoms with Gasteiger partial charge in [-0.3, -0.25) is 4.79 Å². The molecule has 0 radical (unpaired) electrons. The molecule has 0 heterocycles. The molecular formula is C26H23FO4. The second kappa shape index (κ2) is 10.9. The van der Waals surface area contributed by atoms with Crippen molar-refractivity contribution in [1.29, 1.82) is 0 Å². The Kier molecular flexibility index (Phi) is 7.71. The molecule has 4 nitrogen and oxygen atoms in total. The number of ketones is 1. The first-order valence-corrected chi connectivity index (χ1v) is 9.94. The summed E-state index contributed by atoms with van der Waals surface area (Å²) in [5.41, 5.74) is 2.32. The van der Waals surface area contributed by atoms with Gasteiger partial charge in [-0.1, -0.05) is 48.5 Å². The van der Waals surface area contributed by atoms with E-state index in [9.17, 15) is 14.0 Å². The molecule has 0 fully saturated rings. The Hall–Kier alpha value is -3.73. The fourth-order valence-corrected chi connectivity index (χ4v) is 3.07. The smallest absolute Gasteiger partial charge is 0.338 e. The summed E-state index contributed by atoms with van der Waals surface area (Å²) in [6.07, 6.45) is 2.31. The molecule has 3 aromatic rings. The van der Waals surface area contributed by atoms with Crippen LogP contribution in [0.25, 0.3) is 11.6 Å². The molecule has 3 rings (SSSR count). The average molecular weight is 418 g/mol. The van der Waals surface area contributed by atoms with E-state index < -0.39 is 5.97 Å². The molecule has 0 amide bonds. The van der Waals surface area contributed by atoms with E-state index in [1.165, 1.54) is 24.3 Å². The van der Waals surface area contributed by atoms with Crippen LogP contribution in [0.15, 0.2) is 78.9 Å². The van der Waals surface area contributed by atoms with Gasteiger partial charge in [0.1, 0.15) is 11.6 Å². The average Bonchev–Trinajstić information content (AvgIpc) is 2.81. The molecule has 3 aromatic carbocycles. The molecule has 0 atom stereocenters. The molecule has 5 heteroatoms. The first-order valence-electron chi connectivity index (χ1n) is 9.94. The molecule has 31 heavy (non-hydrogen) atoms. The van der Waals surface area contributed by atoms with Gasteiger partial charge in [0.25, 0.3) is 0 Å². The van der Waals surface area contributed by atoms with Crippen LogP contribution in [-0.2, 0) is 9.53 Å². The monoisotopic (exact) mass is 418 g/mol. The Labute approximate surface area is 180 Å². The molecule has 0 aromatic heterocycles. The number of para-hydroxylation sites is 1. The lowest BCUT2D eigenvalue weighted by Crippen LogP contribution is -2.10. The zero-order valence-electron chi connectivity index (χ0n) is 17.2. The van der Waals surface area contributed by atoms with Gasteiger partial charge in [-0.05, 0) is 48.4 Å². The fraction of sp³-hybridized carbons (Fsp3) is 0.154. The van der Waals surface area contributed by atoms with E-state index >= 15 is 0 Å². The minimum absolute atomic E-state index is 0.0991. The van der Waals surface area contributed by atoms with E-state index in [0.717, 1.165) is 11.1 Å². The van der Waals surface area contributed by atoms with Crippen LogP contribution in [0.3, 0.4) is 0 Å². The summed E-state index contributed by atoms with van der Waals surface area (Å²) in [6.45, 7) is 0.0991. The zero-order chi connectivity index (χ0) is 22.1. The van der Waals surface area contributed by atoms with Gasteiger partial charge in [-0.25, -0.2) is 9.18 Å². The van der Waals surface area contributed by atoms with E-state index in [4.69, 9.17) is 9.47 Å². The van der Waals surface area contributed by atoms with Crippen molar-refractivity contribution in [3.8, 4) is 5.75 Å². The van der Waals surface area contributed by atoms with Crippen molar-refractivity contribution in [1.82, 2.24) is 0 Å². The third kappa shape index (κ3) is 6.12. The predicted octanol–water partition coefficient (Wildman–Crippen LogP) is 5.58. The van der Waals surface area contributed by atoms with Gasteiger partial charge in [-0.2, -0.15) is 0 Å².